The topological polar surface area (TPSA) is 68.9 Å². The molecule has 1 aromatic carbocycles. The van der Waals surface area contributed by atoms with E-state index in [0.717, 1.165) is 44.0 Å². The van der Waals surface area contributed by atoms with E-state index in [1.54, 1.807) is 0 Å². The summed E-state index contributed by atoms with van der Waals surface area (Å²) < 4.78 is 39.4. The Morgan fingerprint density at radius 3 is 2.37 bits per heavy atom. The number of nitrogens with one attached hydrogen (secondary N) is 2. The lowest BCUT2D eigenvalue weighted by Crippen LogP contribution is -2.52. The Morgan fingerprint density at radius 2 is 1.83 bits per heavy atom. The maximum atomic E-state index is 13.1. The smallest absolute Gasteiger partial charge is 0.373 e. The molecule has 1 saturated carbocycles. The van der Waals surface area contributed by atoms with Crippen molar-refractivity contribution in [1.82, 2.24) is 15.5 Å². The van der Waals surface area contributed by atoms with Crippen LogP contribution >= 0.6 is 0 Å². The average Bonchev–Trinajstić information content (AvgIpc) is 2.70. The standard InChI is InChI=1S/C21H29F3N6/c1-26-19-18(20(22,23)24)13-27-21(25,28-19)16-5-7-17(8-6-16)30-11-9-29(10-12-30)14-15-3-2-4-15/h5-8,13,15,27H,2-4,9-12,14,25H2,1H3,(H,26,28). The molecular formula is C21H29F3N6. The van der Waals surface area contributed by atoms with E-state index in [0.29, 0.717) is 5.56 Å². The molecule has 3 aliphatic rings. The summed E-state index contributed by atoms with van der Waals surface area (Å²) in [7, 11) is 1.40. The molecule has 2 fully saturated rings. The fourth-order valence-corrected chi connectivity index (χ4v) is 4.23. The van der Waals surface area contributed by atoms with Crippen LogP contribution in [0, 0.1) is 5.92 Å². The fraction of sp³-hybridized carbons (Fsp3) is 0.571. The second-order valence-electron chi connectivity index (χ2n) is 8.31. The quantitative estimate of drug-likeness (QED) is 0.695. The molecule has 1 unspecified atom stereocenters. The third-order valence-electron chi connectivity index (χ3n) is 6.31. The normalized spacial score (nSPS) is 25.8. The molecule has 1 aliphatic carbocycles. The van der Waals surface area contributed by atoms with Gasteiger partial charge in [-0.1, -0.05) is 18.6 Å². The lowest BCUT2D eigenvalue weighted by atomic mass is 9.85. The molecule has 0 spiro atoms. The van der Waals surface area contributed by atoms with Crippen molar-refractivity contribution >= 4 is 11.5 Å². The van der Waals surface area contributed by atoms with Gasteiger partial charge in [0.15, 0.2) is 0 Å². The van der Waals surface area contributed by atoms with Crippen molar-refractivity contribution in [3.8, 4) is 0 Å². The Labute approximate surface area is 175 Å². The number of aliphatic imine (C=N–C) groups is 1. The van der Waals surface area contributed by atoms with Gasteiger partial charge in [-0.2, -0.15) is 13.2 Å². The van der Waals surface area contributed by atoms with Gasteiger partial charge in [0, 0.05) is 57.2 Å². The molecule has 9 heteroatoms. The van der Waals surface area contributed by atoms with Crippen LogP contribution < -0.4 is 21.3 Å². The molecule has 0 aromatic heterocycles. The van der Waals surface area contributed by atoms with Crippen LogP contribution in [0.1, 0.15) is 24.8 Å². The van der Waals surface area contributed by atoms with Crippen LogP contribution in [0.3, 0.4) is 0 Å². The number of likely N-dealkylation sites (N-methyl/N-ethyl adjacent to an activating group) is 1. The van der Waals surface area contributed by atoms with Crippen molar-refractivity contribution in [3.05, 3.63) is 41.6 Å². The molecule has 4 N–H and O–H groups in total. The predicted octanol–water partition coefficient (Wildman–Crippen LogP) is 2.34. The zero-order chi connectivity index (χ0) is 21.4. The molecule has 2 heterocycles. The van der Waals surface area contributed by atoms with Gasteiger partial charge in [0.05, 0.1) is 0 Å². The van der Waals surface area contributed by atoms with E-state index >= 15 is 0 Å². The van der Waals surface area contributed by atoms with Crippen LogP contribution in [0.15, 0.2) is 41.0 Å². The van der Waals surface area contributed by atoms with Gasteiger partial charge >= 0.3 is 6.18 Å². The average molecular weight is 422 g/mol. The minimum Gasteiger partial charge on any atom is -0.373 e. The zero-order valence-corrected chi connectivity index (χ0v) is 17.2. The van der Waals surface area contributed by atoms with Crippen molar-refractivity contribution in [1.29, 1.82) is 0 Å². The number of benzene rings is 1. The highest BCUT2D eigenvalue weighted by Crippen LogP contribution is 2.32. The van der Waals surface area contributed by atoms with E-state index in [9.17, 15) is 13.2 Å². The highest BCUT2D eigenvalue weighted by Gasteiger charge is 2.42. The number of nitrogens with zero attached hydrogens (tertiary/aromatic N) is 3. The number of hydrogen-bond donors (Lipinski definition) is 3. The summed E-state index contributed by atoms with van der Waals surface area (Å²) in [5, 5.41) is 5.12. The summed E-state index contributed by atoms with van der Waals surface area (Å²) in [5.41, 5.74) is 7.11. The Morgan fingerprint density at radius 1 is 1.17 bits per heavy atom. The minimum absolute atomic E-state index is 0.282. The molecular weight excluding hydrogens is 393 g/mol. The Bertz CT molecular complexity index is 807. The first-order valence-electron chi connectivity index (χ1n) is 10.5. The fourth-order valence-electron chi connectivity index (χ4n) is 4.23. The van der Waals surface area contributed by atoms with Crippen LogP contribution in [0.2, 0.25) is 0 Å². The lowest BCUT2D eigenvalue weighted by molar-refractivity contribution is -0.0872. The highest BCUT2D eigenvalue weighted by atomic mass is 19.4. The minimum atomic E-state index is -4.51. The molecule has 1 atom stereocenters. The number of nitrogens with two attached hydrogens (primary N) is 1. The molecule has 2 aliphatic heterocycles. The summed E-state index contributed by atoms with van der Waals surface area (Å²) >= 11 is 0. The largest absolute Gasteiger partial charge is 0.421 e. The van der Waals surface area contributed by atoms with Gasteiger partial charge in [0.25, 0.3) is 0 Å². The maximum Gasteiger partial charge on any atom is 0.421 e. The van der Waals surface area contributed by atoms with Gasteiger partial charge in [-0.15, -0.1) is 0 Å². The van der Waals surface area contributed by atoms with Crippen LogP contribution in [0.4, 0.5) is 18.9 Å². The molecule has 0 radical (unpaired) electrons. The SMILES string of the molecule is CNC1=NC(N)(c2ccc(N3CCN(CC4CCC4)CC3)cc2)NC=C1C(F)(F)F. The van der Waals surface area contributed by atoms with Crippen LogP contribution in [-0.4, -0.2) is 56.7 Å². The number of hydrogen-bond acceptors (Lipinski definition) is 6. The van der Waals surface area contributed by atoms with Crippen LogP contribution in [0.25, 0.3) is 0 Å². The van der Waals surface area contributed by atoms with Crippen molar-refractivity contribution in [3.63, 3.8) is 0 Å². The number of anilines is 1. The van der Waals surface area contributed by atoms with E-state index in [2.05, 4.69) is 25.4 Å². The Kier molecular flexibility index (Phi) is 5.67. The van der Waals surface area contributed by atoms with Crippen LogP contribution in [-0.2, 0) is 5.79 Å². The summed E-state index contributed by atoms with van der Waals surface area (Å²) in [5.74, 6) is -0.849. The predicted molar refractivity (Wildman–Crippen MR) is 112 cm³/mol. The molecule has 0 bridgehead atoms. The van der Waals surface area contributed by atoms with Gasteiger partial charge in [-0.05, 0) is 30.9 Å². The van der Waals surface area contributed by atoms with Gasteiger partial charge in [0.2, 0.25) is 5.79 Å². The molecule has 1 aromatic rings. The highest BCUT2D eigenvalue weighted by molar-refractivity contribution is 6.00. The summed E-state index contributed by atoms with van der Waals surface area (Å²) in [4.78, 5) is 8.99. The first-order valence-corrected chi connectivity index (χ1v) is 10.5. The number of amidine groups is 1. The molecule has 4 rings (SSSR count). The molecule has 6 nitrogen and oxygen atoms in total. The number of rotatable bonds is 4. The van der Waals surface area contributed by atoms with Gasteiger partial charge in [0.1, 0.15) is 11.4 Å². The van der Waals surface area contributed by atoms with E-state index < -0.39 is 17.5 Å². The maximum absolute atomic E-state index is 13.1. The van der Waals surface area contributed by atoms with E-state index in [4.69, 9.17) is 5.73 Å². The lowest BCUT2D eigenvalue weighted by Gasteiger charge is -2.39. The van der Waals surface area contributed by atoms with Crippen molar-refractivity contribution < 1.29 is 13.2 Å². The number of piperazine rings is 1. The summed E-state index contributed by atoms with van der Waals surface area (Å²) in [6.45, 7) is 5.27. The van der Waals surface area contributed by atoms with E-state index in [1.165, 1.54) is 32.9 Å². The Balaban J connectivity index is 1.41. The molecule has 164 valence electrons. The summed E-state index contributed by atoms with van der Waals surface area (Å²) in [6, 6.07) is 7.58. The van der Waals surface area contributed by atoms with E-state index in [-0.39, 0.29) is 5.84 Å². The first kappa shape index (κ1) is 21.0. The third kappa shape index (κ3) is 4.27. The van der Waals surface area contributed by atoms with Gasteiger partial charge in [-0.3, -0.25) is 10.6 Å². The number of alkyl halides is 3. The van der Waals surface area contributed by atoms with Crippen LogP contribution in [0.5, 0.6) is 0 Å². The second kappa shape index (κ2) is 8.11. The Hall–Kier alpha value is -2.26. The van der Waals surface area contributed by atoms with Crippen molar-refractivity contribution in [2.75, 3.05) is 44.7 Å². The van der Waals surface area contributed by atoms with Gasteiger partial charge < -0.3 is 15.5 Å². The van der Waals surface area contributed by atoms with Gasteiger partial charge in [-0.25, -0.2) is 4.99 Å². The van der Waals surface area contributed by atoms with Crippen molar-refractivity contribution in [2.24, 2.45) is 16.6 Å². The monoisotopic (exact) mass is 422 g/mol. The molecule has 30 heavy (non-hydrogen) atoms. The van der Waals surface area contributed by atoms with Crippen molar-refractivity contribution in [2.45, 2.75) is 31.2 Å². The number of halogens is 3. The third-order valence-corrected chi connectivity index (χ3v) is 6.31. The van der Waals surface area contributed by atoms with E-state index in [1.807, 2.05) is 24.3 Å². The zero-order valence-electron chi connectivity index (χ0n) is 17.2. The first-order chi connectivity index (χ1) is 14.3. The molecule has 1 saturated heterocycles. The summed E-state index contributed by atoms with van der Waals surface area (Å²) in [6.07, 6.45) is 0.485. The second-order valence-corrected chi connectivity index (χ2v) is 8.31. The molecule has 0 amide bonds.